The molecule has 98 valence electrons. The van der Waals surface area contributed by atoms with Crippen molar-refractivity contribution in [3.05, 3.63) is 35.1 Å². The summed E-state index contributed by atoms with van der Waals surface area (Å²) in [6.45, 7) is 0.164. The Bertz CT molecular complexity index is 418. The molecule has 1 rings (SSSR count). The highest BCUT2D eigenvalue weighted by Gasteiger charge is 2.04. The number of halogens is 3. The van der Waals surface area contributed by atoms with E-state index in [1.54, 1.807) is 0 Å². The lowest BCUT2D eigenvalue weighted by molar-refractivity contribution is 0.0187. The van der Waals surface area contributed by atoms with E-state index in [0.717, 1.165) is 6.07 Å². The third-order valence-electron chi connectivity index (χ3n) is 2.16. The lowest BCUT2D eigenvalue weighted by Crippen LogP contribution is -2.21. The van der Waals surface area contributed by atoms with Crippen LogP contribution in [0.4, 0.5) is 13.2 Å². The quantitative estimate of drug-likeness (QED) is 0.761. The first kappa shape index (κ1) is 14.5. The van der Waals surface area contributed by atoms with Gasteiger partial charge in [0.15, 0.2) is 0 Å². The Kier molecular flexibility index (Phi) is 6.19. The smallest absolute Gasteiger partial charge is 0.261 e. The number of alkyl halides is 2. The summed E-state index contributed by atoms with van der Waals surface area (Å²) in [5, 5.41) is 11.4. The first-order valence-electron chi connectivity index (χ1n) is 5.38. The maximum absolute atomic E-state index is 13.4. The van der Waals surface area contributed by atoms with Crippen molar-refractivity contribution in [2.45, 2.75) is 13.0 Å². The Labute approximate surface area is 103 Å². The van der Waals surface area contributed by atoms with Crippen LogP contribution in [0.2, 0.25) is 0 Å². The number of nitriles is 1. The molecule has 0 radical (unpaired) electrons. The lowest BCUT2D eigenvalue weighted by Gasteiger charge is -2.07. The van der Waals surface area contributed by atoms with Crippen molar-refractivity contribution in [2.24, 2.45) is 0 Å². The second-order valence-corrected chi connectivity index (χ2v) is 3.56. The first-order chi connectivity index (χ1) is 8.63. The van der Waals surface area contributed by atoms with Gasteiger partial charge >= 0.3 is 0 Å². The van der Waals surface area contributed by atoms with E-state index in [1.165, 1.54) is 12.1 Å². The summed E-state index contributed by atoms with van der Waals surface area (Å²) >= 11 is 0. The molecule has 6 heteroatoms. The molecule has 0 aliphatic heterocycles. The molecule has 0 aromatic heterocycles. The summed E-state index contributed by atoms with van der Waals surface area (Å²) in [6.07, 6.45) is -2.47. The van der Waals surface area contributed by atoms with Gasteiger partial charge < -0.3 is 10.1 Å². The van der Waals surface area contributed by atoms with Crippen LogP contribution in [0, 0.1) is 17.1 Å². The van der Waals surface area contributed by atoms with Gasteiger partial charge in [0.1, 0.15) is 12.4 Å². The summed E-state index contributed by atoms with van der Waals surface area (Å²) in [7, 11) is 0. The van der Waals surface area contributed by atoms with Crippen LogP contribution < -0.4 is 5.32 Å². The number of hydrogen-bond donors (Lipinski definition) is 1. The van der Waals surface area contributed by atoms with Gasteiger partial charge in [0.25, 0.3) is 6.43 Å². The second-order valence-electron chi connectivity index (χ2n) is 3.56. The zero-order valence-corrected chi connectivity index (χ0v) is 9.63. The van der Waals surface area contributed by atoms with Crippen LogP contribution >= 0.6 is 0 Å². The van der Waals surface area contributed by atoms with Crippen LogP contribution in [-0.4, -0.2) is 26.2 Å². The SMILES string of the molecule is N#Cc1ccc(CNCCOCC(F)F)c(F)c1. The maximum atomic E-state index is 13.4. The zero-order chi connectivity index (χ0) is 13.4. The fraction of sp³-hybridized carbons (Fsp3) is 0.417. The van der Waals surface area contributed by atoms with E-state index in [4.69, 9.17) is 5.26 Å². The highest BCUT2D eigenvalue weighted by atomic mass is 19.3. The molecule has 0 amide bonds. The van der Waals surface area contributed by atoms with E-state index in [-0.39, 0.29) is 18.7 Å². The zero-order valence-electron chi connectivity index (χ0n) is 9.63. The van der Waals surface area contributed by atoms with E-state index in [1.807, 2.05) is 6.07 Å². The van der Waals surface area contributed by atoms with Gasteiger partial charge in [-0.1, -0.05) is 6.07 Å². The highest BCUT2D eigenvalue weighted by Crippen LogP contribution is 2.09. The fourth-order valence-electron chi connectivity index (χ4n) is 1.30. The number of nitrogens with one attached hydrogen (secondary N) is 1. The molecule has 0 unspecified atom stereocenters. The van der Waals surface area contributed by atoms with Crippen molar-refractivity contribution < 1.29 is 17.9 Å². The highest BCUT2D eigenvalue weighted by molar-refractivity contribution is 5.32. The Hall–Kier alpha value is -1.58. The molecule has 0 fully saturated rings. The van der Waals surface area contributed by atoms with Gasteiger partial charge in [0, 0.05) is 18.7 Å². The number of hydrogen-bond acceptors (Lipinski definition) is 3. The van der Waals surface area contributed by atoms with Crippen molar-refractivity contribution >= 4 is 0 Å². The predicted octanol–water partition coefficient (Wildman–Crippen LogP) is 2.07. The normalized spacial score (nSPS) is 10.6. The van der Waals surface area contributed by atoms with Crippen molar-refractivity contribution in [1.29, 1.82) is 5.26 Å². The van der Waals surface area contributed by atoms with Gasteiger partial charge in [-0.25, -0.2) is 13.2 Å². The summed E-state index contributed by atoms with van der Waals surface area (Å²) in [4.78, 5) is 0. The molecule has 0 aliphatic carbocycles. The summed E-state index contributed by atoms with van der Waals surface area (Å²) < 4.78 is 41.5. The van der Waals surface area contributed by atoms with Gasteiger partial charge in [0.2, 0.25) is 0 Å². The Morgan fingerprint density at radius 1 is 1.39 bits per heavy atom. The van der Waals surface area contributed by atoms with E-state index in [0.29, 0.717) is 12.1 Å². The molecule has 0 aliphatic rings. The van der Waals surface area contributed by atoms with Crippen molar-refractivity contribution in [3.63, 3.8) is 0 Å². The number of benzene rings is 1. The van der Waals surface area contributed by atoms with E-state index in [9.17, 15) is 13.2 Å². The van der Waals surface area contributed by atoms with E-state index in [2.05, 4.69) is 10.1 Å². The van der Waals surface area contributed by atoms with Crippen molar-refractivity contribution in [3.8, 4) is 6.07 Å². The predicted molar refractivity (Wildman–Crippen MR) is 59.6 cm³/mol. The van der Waals surface area contributed by atoms with Crippen molar-refractivity contribution in [2.75, 3.05) is 19.8 Å². The van der Waals surface area contributed by atoms with E-state index >= 15 is 0 Å². The molecule has 0 atom stereocenters. The van der Waals surface area contributed by atoms with E-state index < -0.39 is 18.8 Å². The fourth-order valence-corrected chi connectivity index (χ4v) is 1.30. The van der Waals surface area contributed by atoms with Crippen LogP contribution in [0.1, 0.15) is 11.1 Å². The van der Waals surface area contributed by atoms with Gasteiger partial charge in [-0.15, -0.1) is 0 Å². The third kappa shape index (κ3) is 5.17. The number of ether oxygens (including phenoxy) is 1. The van der Waals surface area contributed by atoms with Gasteiger partial charge in [0.05, 0.1) is 18.2 Å². The molecule has 3 nitrogen and oxygen atoms in total. The van der Waals surface area contributed by atoms with Crippen LogP contribution in [-0.2, 0) is 11.3 Å². The topological polar surface area (TPSA) is 45.0 Å². The summed E-state index contributed by atoms with van der Waals surface area (Å²) in [5.74, 6) is -0.463. The molecule has 1 aromatic rings. The average molecular weight is 258 g/mol. The first-order valence-corrected chi connectivity index (χ1v) is 5.38. The summed E-state index contributed by atoms with van der Waals surface area (Å²) in [5.41, 5.74) is 0.680. The molecular formula is C12H13F3N2O. The van der Waals surface area contributed by atoms with Gasteiger partial charge in [-0.3, -0.25) is 0 Å². The molecule has 18 heavy (non-hydrogen) atoms. The molecular weight excluding hydrogens is 245 g/mol. The molecule has 0 bridgehead atoms. The van der Waals surface area contributed by atoms with Crippen LogP contribution in [0.3, 0.4) is 0 Å². The van der Waals surface area contributed by atoms with Crippen LogP contribution in [0.15, 0.2) is 18.2 Å². The maximum Gasteiger partial charge on any atom is 0.261 e. The Morgan fingerprint density at radius 2 is 2.17 bits per heavy atom. The van der Waals surface area contributed by atoms with Crippen molar-refractivity contribution in [1.82, 2.24) is 5.32 Å². The minimum absolute atomic E-state index is 0.141. The Balaban J connectivity index is 2.25. The minimum atomic E-state index is -2.47. The summed E-state index contributed by atoms with van der Waals surface area (Å²) in [6, 6.07) is 6.03. The van der Waals surface area contributed by atoms with Crippen LogP contribution in [0.5, 0.6) is 0 Å². The standard InChI is InChI=1S/C12H13F3N2O/c13-11-5-9(6-16)1-2-10(11)7-17-3-4-18-8-12(14)15/h1-2,5,12,17H,3-4,7-8H2. The molecule has 0 heterocycles. The number of nitrogens with zero attached hydrogens (tertiary/aromatic N) is 1. The average Bonchev–Trinajstić information content (AvgIpc) is 2.34. The number of rotatable bonds is 7. The lowest BCUT2D eigenvalue weighted by atomic mass is 10.1. The minimum Gasteiger partial charge on any atom is -0.374 e. The largest absolute Gasteiger partial charge is 0.374 e. The van der Waals surface area contributed by atoms with Crippen LogP contribution in [0.25, 0.3) is 0 Å². The molecule has 0 saturated carbocycles. The second kappa shape index (κ2) is 7.69. The molecule has 1 aromatic carbocycles. The van der Waals surface area contributed by atoms with Gasteiger partial charge in [-0.05, 0) is 12.1 Å². The molecule has 1 N–H and O–H groups in total. The van der Waals surface area contributed by atoms with Gasteiger partial charge in [-0.2, -0.15) is 5.26 Å². The molecule has 0 saturated heterocycles. The molecule has 0 spiro atoms. The monoisotopic (exact) mass is 258 g/mol. The Morgan fingerprint density at radius 3 is 2.78 bits per heavy atom. The third-order valence-corrected chi connectivity index (χ3v) is 2.16.